The van der Waals surface area contributed by atoms with Gasteiger partial charge in [-0.1, -0.05) is 0 Å². The largest absolute Gasteiger partial charge is 1.00 e. The monoisotopic (exact) mass is 448 g/mol. The molecule has 0 bridgehead atoms. The summed E-state index contributed by atoms with van der Waals surface area (Å²) < 4.78 is 36.5. The third-order valence-electron chi connectivity index (χ3n) is 3.53. The van der Waals surface area contributed by atoms with Gasteiger partial charge < -0.3 is 0 Å². The Morgan fingerprint density at radius 1 is 1.04 bits per heavy atom. The van der Waals surface area contributed by atoms with E-state index in [0.717, 1.165) is 15.4 Å². The minimum Gasteiger partial charge on any atom is 1.00 e. The van der Waals surface area contributed by atoms with E-state index in [2.05, 4.69) is 4.97 Å². The standard InChI is InChI=1S/C17H18N2O3SSe.K/c18-14-24-13-17(11-15-7-3-1-4-8-15)19(23(20,21)22)12-16-9-5-2-6-10-16;/h1-10,17H,11-13H2,(H,20,21,22);/q;+1/p-1/t17-;/m0./s1. The van der Waals surface area contributed by atoms with Crippen LogP contribution in [0.1, 0.15) is 11.1 Å². The van der Waals surface area contributed by atoms with Gasteiger partial charge in [-0.05, 0) is 0 Å². The van der Waals surface area contributed by atoms with Crippen molar-refractivity contribution in [3.8, 4) is 4.97 Å². The van der Waals surface area contributed by atoms with Crippen LogP contribution >= 0.6 is 0 Å². The van der Waals surface area contributed by atoms with Crippen molar-refractivity contribution in [3.63, 3.8) is 0 Å². The molecule has 0 radical (unpaired) electrons. The summed E-state index contributed by atoms with van der Waals surface area (Å²) >= 11 is -0.376. The zero-order valence-corrected chi connectivity index (χ0v) is 19.6. The summed E-state index contributed by atoms with van der Waals surface area (Å²) in [5.74, 6) is 0. The second-order valence-corrected chi connectivity index (χ2v) is 8.25. The second-order valence-electron chi connectivity index (χ2n) is 5.23. The van der Waals surface area contributed by atoms with E-state index in [-0.39, 0.29) is 72.9 Å². The fourth-order valence-corrected chi connectivity index (χ4v) is 4.64. The van der Waals surface area contributed by atoms with Gasteiger partial charge in [0.1, 0.15) is 0 Å². The molecule has 0 amide bonds. The van der Waals surface area contributed by atoms with Crippen LogP contribution in [0.3, 0.4) is 0 Å². The molecule has 2 rings (SSSR count). The van der Waals surface area contributed by atoms with Gasteiger partial charge in [-0.3, -0.25) is 0 Å². The van der Waals surface area contributed by atoms with Gasteiger partial charge in [0, 0.05) is 0 Å². The Balaban J connectivity index is 0.00000312. The first-order valence-corrected chi connectivity index (χ1v) is 10.8. The van der Waals surface area contributed by atoms with Gasteiger partial charge in [0.25, 0.3) is 0 Å². The van der Waals surface area contributed by atoms with E-state index in [1.54, 1.807) is 24.3 Å². The van der Waals surface area contributed by atoms with Gasteiger partial charge in [-0.2, -0.15) is 0 Å². The summed E-state index contributed by atoms with van der Waals surface area (Å²) in [6.07, 6.45) is 0.415. The molecule has 2 aromatic rings. The summed E-state index contributed by atoms with van der Waals surface area (Å²) in [4.78, 5) is 2.09. The van der Waals surface area contributed by atoms with Crippen molar-refractivity contribution in [2.45, 2.75) is 24.3 Å². The van der Waals surface area contributed by atoms with Crippen LogP contribution in [0.15, 0.2) is 60.7 Å². The molecule has 126 valence electrons. The minimum absolute atomic E-state index is 0. The van der Waals surface area contributed by atoms with Gasteiger partial charge >= 0.3 is 200 Å². The van der Waals surface area contributed by atoms with Crippen LogP contribution in [-0.2, 0) is 23.3 Å². The van der Waals surface area contributed by atoms with E-state index in [9.17, 15) is 13.0 Å². The summed E-state index contributed by atoms with van der Waals surface area (Å²) in [6.45, 7) is 0.0195. The molecule has 0 aliphatic rings. The zero-order chi connectivity index (χ0) is 17.4. The molecule has 0 heterocycles. The van der Waals surface area contributed by atoms with Crippen LogP contribution in [0.2, 0.25) is 5.32 Å². The Kier molecular flexibility index (Phi) is 10.7. The fraction of sp³-hybridized carbons (Fsp3) is 0.235. The Labute approximate surface area is 197 Å². The number of hydrogen-bond donors (Lipinski definition) is 0. The molecule has 8 heteroatoms. The fourth-order valence-electron chi connectivity index (χ4n) is 2.42. The molecule has 0 aliphatic carbocycles. The molecule has 0 unspecified atom stereocenters. The Morgan fingerprint density at radius 3 is 2.04 bits per heavy atom. The summed E-state index contributed by atoms with van der Waals surface area (Å²) in [5, 5.41) is 9.27. The first-order chi connectivity index (χ1) is 11.5. The summed E-state index contributed by atoms with van der Waals surface area (Å²) in [5.41, 5.74) is 1.69. The molecule has 25 heavy (non-hydrogen) atoms. The molecular weight excluding hydrogens is 430 g/mol. The van der Waals surface area contributed by atoms with Gasteiger partial charge in [0.15, 0.2) is 0 Å². The predicted octanol–water partition coefficient (Wildman–Crippen LogP) is -0.832. The molecule has 0 aromatic heterocycles. The van der Waals surface area contributed by atoms with Gasteiger partial charge in [-0.15, -0.1) is 0 Å². The first-order valence-electron chi connectivity index (χ1n) is 7.32. The quantitative estimate of drug-likeness (QED) is 0.391. The van der Waals surface area contributed by atoms with Gasteiger partial charge in [-0.25, -0.2) is 0 Å². The maximum absolute atomic E-state index is 11.8. The molecule has 2 aromatic carbocycles. The molecule has 0 spiro atoms. The van der Waals surface area contributed by atoms with Crippen molar-refractivity contribution in [2.24, 2.45) is 0 Å². The van der Waals surface area contributed by atoms with Crippen molar-refractivity contribution in [2.75, 3.05) is 0 Å². The Bertz CT molecular complexity index is 783. The molecule has 1 atom stereocenters. The number of nitriles is 1. The topological polar surface area (TPSA) is 84.2 Å². The van der Waals surface area contributed by atoms with Crippen LogP contribution in [-0.4, -0.2) is 38.3 Å². The Hall–Kier alpha value is -0.0442. The molecule has 0 saturated heterocycles. The van der Waals surface area contributed by atoms with E-state index in [4.69, 9.17) is 5.26 Å². The average molecular weight is 447 g/mol. The third kappa shape index (κ3) is 8.02. The number of benzene rings is 2. The van der Waals surface area contributed by atoms with E-state index in [0.29, 0.717) is 11.7 Å². The normalized spacial score (nSPS) is 12.2. The Morgan fingerprint density at radius 2 is 1.56 bits per heavy atom. The smallest absolute Gasteiger partial charge is 1.00 e. The molecule has 0 aliphatic heterocycles. The van der Waals surface area contributed by atoms with E-state index in [1.807, 2.05) is 36.4 Å². The van der Waals surface area contributed by atoms with Crippen LogP contribution in [0, 0.1) is 10.2 Å². The predicted molar refractivity (Wildman–Crippen MR) is 91.8 cm³/mol. The number of hydrogen-bond acceptors (Lipinski definition) is 4. The van der Waals surface area contributed by atoms with Crippen molar-refractivity contribution >= 4 is 25.3 Å². The number of rotatable bonds is 8. The minimum atomic E-state index is -4.63. The maximum atomic E-state index is 11.8. The van der Waals surface area contributed by atoms with Crippen molar-refractivity contribution in [3.05, 3.63) is 71.8 Å². The third-order valence-corrected chi connectivity index (χ3v) is 5.96. The van der Waals surface area contributed by atoms with E-state index in [1.165, 1.54) is 0 Å². The SMILES string of the molecule is N#C[Se]C[C@H](Cc1ccccc1)N(Cc1ccccc1)S(=O)(=O)[O-].[K+]. The molecule has 0 saturated carbocycles. The number of nitrogens with zero attached hydrogens (tertiary/aromatic N) is 2. The molecule has 0 fully saturated rings. The van der Waals surface area contributed by atoms with Crippen molar-refractivity contribution in [1.29, 1.82) is 5.26 Å². The molecule has 0 N–H and O–H groups in total. The molecule has 5 nitrogen and oxygen atoms in total. The van der Waals surface area contributed by atoms with Crippen molar-refractivity contribution in [1.82, 2.24) is 4.31 Å². The van der Waals surface area contributed by atoms with Crippen LogP contribution in [0.25, 0.3) is 0 Å². The molecular formula is C17H17KN2O3SSe. The second kappa shape index (κ2) is 11.6. The van der Waals surface area contributed by atoms with Crippen molar-refractivity contribution < 1.29 is 64.4 Å². The average Bonchev–Trinajstić information content (AvgIpc) is 2.57. The van der Waals surface area contributed by atoms with Crippen LogP contribution in [0.4, 0.5) is 0 Å². The van der Waals surface area contributed by atoms with Gasteiger partial charge in [0.05, 0.1) is 0 Å². The first kappa shape index (κ1) is 23.0. The summed E-state index contributed by atoms with van der Waals surface area (Å²) in [6, 6.07) is 17.9. The van der Waals surface area contributed by atoms with E-state index >= 15 is 0 Å². The van der Waals surface area contributed by atoms with E-state index < -0.39 is 16.3 Å². The van der Waals surface area contributed by atoms with Gasteiger partial charge in [0.2, 0.25) is 0 Å². The van der Waals surface area contributed by atoms with Crippen LogP contribution < -0.4 is 51.4 Å². The maximum Gasteiger partial charge on any atom is 1.00 e. The zero-order valence-electron chi connectivity index (χ0n) is 13.9. The summed E-state index contributed by atoms with van der Waals surface area (Å²) in [7, 11) is -4.63. The van der Waals surface area contributed by atoms with Crippen LogP contribution in [0.5, 0.6) is 0 Å².